The molecule has 0 saturated carbocycles. The largest absolute Gasteiger partial charge is 0.353 e. The number of piperidine rings is 1. The zero-order valence-corrected chi connectivity index (χ0v) is 15.0. The molecule has 0 aliphatic carbocycles. The summed E-state index contributed by atoms with van der Waals surface area (Å²) in [5, 5.41) is 2.98. The average molecular weight is 357 g/mol. The summed E-state index contributed by atoms with van der Waals surface area (Å²) in [6.45, 7) is 4.46. The number of fused-ring (bicyclic) bond motifs is 1. The number of benzene rings is 1. The second-order valence-electron chi connectivity index (χ2n) is 7.06. The number of carbonyl (C=O) groups excluding carboxylic acids is 4. The molecule has 1 aromatic carbocycles. The summed E-state index contributed by atoms with van der Waals surface area (Å²) >= 11 is 0. The van der Waals surface area contributed by atoms with Crippen LogP contribution in [0.5, 0.6) is 0 Å². The Kier molecular flexibility index (Phi) is 5.06. The van der Waals surface area contributed by atoms with Gasteiger partial charge in [-0.05, 0) is 25.0 Å². The van der Waals surface area contributed by atoms with E-state index in [1.54, 1.807) is 29.2 Å². The first-order valence-electron chi connectivity index (χ1n) is 8.92. The molecule has 2 aliphatic heterocycles. The predicted octanol–water partition coefficient (Wildman–Crippen LogP) is 1.05. The van der Waals surface area contributed by atoms with Gasteiger partial charge in [0.1, 0.15) is 6.54 Å². The molecule has 1 fully saturated rings. The first-order valence-corrected chi connectivity index (χ1v) is 8.92. The minimum Gasteiger partial charge on any atom is -0.353 e. The van der Waals surface area contributed by atoms with Crippen LogP contribution in [-0.4, -0.2) is 59.1 Å². The first kappa shape index (κ1) is 18.1. The summed E-state index contributed by atoms with van der Waals surface area (Å²) in [4.78, 5) is 51.7. The summed E-state index contributed by atoms with van der Waals surface area (Å²) in [5.41, 5.74) is 0.695. The van der Waals surface area contributed by atoms with E-state index in [9.17, 15) is 19.2 Å². The lowest BCUT2D eigenvalue weighted by Crippen LogP contribution is -2.50. The molecule has 0 bridgehead atoms. The van der Waals surface area contributed by atoms with Crippen molar-refractivity contribution < 1.29 is 19.2 Å². The van der Waals surface area contributed by atoms with Crippen molar-refractivity contribution in [3.05, 3.63) is 35.4 Å². The van der Waals surface area contributed by atoms with E-state index in [4.69, 9.17) is 0 Å². The Morgan fingerprint density at radius 3 is 2.12 bits per heavy atom. The van der Waals surface area contributed by atoms with Crippen LogP contribution in [0, 0.1) is 5.92 Å². The summed E-state index contributed by atoms with van der Waals surface area (Å²) in [6.07, 6.45) is 1.35. The molecule has 138 valence electrons. The highest BCUT2D eigenvalue weighted by atomic mass is 16.2. The number of imide groups is 1. The summed E-state index contributed by atoms with van der Waals surface area (Å²) in [6, 6.07) is 6.66. The smallest absolute Gasteiger partial charge is 0.262 e. The number of likely N-dealkylation sites (tertiary alicyclic amines) is 1. The van der Waals surface area contributed by atoms with Gasteiger partial charge in [-0.2, -0.15) is 0 Å². The van der Waals surface area contributed by atoms with Crippen molar-refractivity contribution >= 4 is 23.6 Å². The molecule has 0 spiro atoms. The van der Waals surface area contributed by atoms with Crippen molar-refractivity contribution in [2.24, 2.45) is 5.92 Å². The van der Waals surface area contributed by atoms with Crippen LogP contribution in [0.2, 0.25) is 0 Å². The van der Waals surface area contributed by atoms with Gasteiger partial charge in [0.2, 0.25) is 11.8 Å². The average Bonchev–Trinajstić information content (AvgIpc) is 2.87. The molecule has 1 N–H and O–H groups in total. The fraction of sp³-hybridized carbons (Fsp3) is 0.474. The second kappa shape index (κ2) is 7.27. The summed E-state index contributed by atoms with van der Waals surface area (Å²) < 4.78 is 0. The molecule has 0 aromatic heterocycles. The van der Waals surface area contributed by atoms with Crippen LogP contribution < -0.4 is 5.32 Å². The molecule has 4 amide bonds. The van der Waals surface area contributed by atoms with Gasteiger partial charge in [0, 0.05) is 25.0 Å². The van der Waals surface area contributed by atoms with Crippen molar-refractivity contribution in [1.29, 1.82) is 0 Å². The number of hydrogen-bond acceptors (Lipinski definition) is 4. The van der Waals surface area contributed by atoms with Gasteiger partial charge in [-0.15, -0.1) is 0 Å². The van der Waals surface area contributed by atoms with E-state index in [0.29, 0.717) is 37.1 Å². The van der Waals surface area contributed by atoms with Crippen LogP contribution in [-0.2, 0) is 9.59 Å². The van der Waals surface area contributed by atoms with E-state index >= 15 is 0 Å². The van der Waals surface area contributed by atoms with Crippen molar-refractivity contribution in [3.8, 4) is 0 Å². The maximum atomic E-state index is 12.5. The molecule has 7 nitrogen and oxygen atoms in total. The molecule has 7 heteroatoms. The number of rotatable bonds is 4. The topological polar surface area (TPSA) is 86.8 Å². The Labute approximate surface area is 152 Å². The van der Waals surface area contributed by atoms with Gasteiger partial charge < -0.3 is 10.2 Å². The molecule has 0 radical (unpaired) electrons. The Hall–Kier alpha value is -2.70. The van der Waals surface area contributed by atoms with Gasteiger partial charge in [-0.1, -0.05) is 26.0 Å². The molecule has 2 heterocycles. The van der Waals surface area contributed by atoms with Gasteiger partial charge in [-0.25, -0.2) is 0 Å². The van der Waals surface area contributed by atoms with Crippen LogP contribution in [0.3, 0.4) is 0 Å². The zero-order valence-electron chi connectivity index (χ0n) is 15.0. The molecular weight excluding hydrogens is 334 g/mol. The maximum Gasteiger partial charge on any atom is 0.262 e. The molecule has 0 unspecified atom stereocenters. The van der Waals surface area contributed by atoms with Gasteiger partial charge in [0.15, 0.2) is 0 Å². The second-order valence-corrected chi connectivity index (χ2v) is 7.06. The highest BCUT2D eigenvalue weighted by molar-refractivity contribution is 6.22. The van der Waals surface area contributed by atoms with E-state index in [2.05, 4.69) is 5.32 Å². The Morgan fingerprint density at radius 1 is 1.08 bits per heavy atom. The van der Waals surface area contributed by atoms with Crippen LogP contribution in [0.25, 0.3) is 0 Å². The third kappa shape index (κ3) is 3.47. The quantitative estimate of drug-likeness (QED) is 0.816. The van der Waals surface area contributed by atoms with Crippen LogP contribution in [0.4, 0.5) is 0 Å². The molecule has 1 aromatic rings. The number of carbonyl (C=O) groups is 4. The summed E-state index contributed by atoms with van der Waals surface area (Å²) in [7, 11) is 0. The SMILES string of the molecule is CC(C)C(=O)NC1CCN(C(=O)CN2C(=O)c3ccccc3C2=O)CC1. The van der Waals surface area contributed by atoms with Crippen molar-refractivity contribution in [2.45, 2.75) is 32.7 Å². The van der Waals surface area contributed by atoms with Crippen LogP contribution in [0.1, 0.15) is 47.4 Å². The van der Waals surface area contributed by atoms with Gasteiger partial charge in [0.25, 0.3) is 11.8 Å². The van der Waals surface area contributed by atoms with Gasteiger partial charge in [0.05, 0.1) is 11.1 Å². The van der Waals surface area contributed by atoms with Crippen molar-refractivity contribution in [1.82, 2.24) is 15.1 Å². The molecule has 0 atom stereocenters. The minimum absolute atomic E-state index is 0.0146. The molecule has 2 aliphatic rings. The third-order valence-corrected chi connectivity index (χ3v) is 4.89. The van der Waals surface area contributed by atoms with E-state index in [1.807, 2.05) is 13.8 Å². The van der Waals surface area contributed by atoms with E-state index in [0.717, 1.165) is 4.90 Å². The maximum absolute atomic E-state index is 12.5. The highest BCUT2D eigenvalue weighted by Crippen LogP contribution is 2.22. The molecule has 3 rings (SSSR count). The normalized spacial score (nSPS) is 17.7. The molecule has 1 saturated heterocycles. The van der Waals surface area contributed by atoms with Gasteiger partial charge >= 0.3 is 0 Å². The standard InChI is InChI=1S/C19H23N3O4/c1-12(2)17(24)20-13-7-9-21(10-8-13)16(23)11-22-18(25)14-5-3-4-6-15(14)19(22)26/h3-6,12-13H,7-11H2,1-2H3,(H,20,24). The zero-order chi connectivity index (χ0) is 18.8. The van der Waals surface area contributed by atoms with Crippen molar-refractivity contribution in [2.75, 3.05) is 19.6 Å². The molecule has 26 heavy (non-hydrogen) atoms. The summed E-state index contributed by atoms with van der Waals surface area (Å²) in [5.74, 6) is -1.13. The lowest BCUT2D eigenvalue weighted by Gasteiger charge is -2.33. The lowest BCUT2D eigenvalue weighted by molar-refractivity contribution is -0.132. The van der Waals surface area contributed by atoms with E-state index in [1.165, 1.54) is 0 Å². The molecular formula is C19H23N3O4. The van der Waals surface area contributed by atoms with Crippen LogP contribution in [0.15, 0.2) is 24.3 Å². The minimum atomic E-state index is -0.418. The lowest BCUT2D eigenvalue weighted by atomic mass is 10.0. The Bertz CT molecular complexity index is 716. The monoisotopic (exact) mass is 357 g/mol. The number of nitrogens with zero attached hydrogens (tertiary/aromatic N) is 2. The van der Waals surface area contributed by atoms with E-state index < -0.39 is 11.8 Å². The number of nitrogens with one attached hydrogen (secondary N) is 1. The van der Waals surface area contributed by atoms with Crippen LogP contribution >= 0.6 is 0 Å². The number of hydrogen-bond donors (Lipinski definition) is 1. The third-order valence-electron chi connectivity index (χ3n) is 4.89. The van der Waals surface area contributed by atoms with Crippen molar-refractivity contribution in [3.63, 3.8) is 0 Å². The first-order chi connectivity index (χ1) is 12.4. The number of amides is 4. The fourth-order valence-corrected chi connectivity index (χ4v) is 3.26. The fourth-order valence-electron chi connectivity index (χ4n) is 3.26. The predicted molar refractivity (Wildman–Crippen MR) is 94.4 cm³/mol. The van der Waals surface area contributed by atoms with E-state index in [-0.39, 0.29) is 30.3 Å². The Balaban J connectivity index is 1.55. The van der Waals surface area contributed by atoms with Gasteiger partial charge in [-0.3, -0.25) is 24.1 Å². The Morgan fingerprint density at radius 2 is 1.62 bits per heavy atom. The highest BCUT2D eigenvalue weighted by Gasteiger charge is 2.37.